The number of rotatable bonds is 5. The summed E-state index contributed by atoms with van der Waals surface area (Å²) in [5.74, 6) is 0.292. The van der Waals surface area contributed by atoms with E-state index >= 15 is 0 Å². The Labute approximate surface area is 126 Å². The molecule has 0 saturated carbocycles. The SMILES string of the molecule is CNc1nnc(SCC(=O)Nc2c(C)cccc2C)s1. The number of carbonyl (C=O) groups is 1. The molecule has 0 aliphatic heterocycles. The highest BCUT2D eigenvalue weighted by Crippen LogP contribution is 2.25. The van der Waals surface area contributed by atoms with Crippen LogP contribution in [0.2, 0.25) is 0 Å². The van der Waals surface area contributed by atoms with Crippen molar-refractivity contribution in [3.05, 3.63) is 29.3 Å². The van der Waals surface area contributed by atoms with Crippen molar-refractivity contribution in [3.63, 3.8) is 0 Å². The molecule has 0 unspecified atom stereocenters. The summed E-state index contributed by atoms with van der Waals surface area (Å²) in [7, 11) is 1.79. The molecule has 0 spiro atoms. The van der Waals surface area contributed by atoms with E-state index < -0.39 is 0 Å². The first-order chi connectivity index (χ1) is 9.60. The fourth-order valence-corrected chi connectivity index (χ4v) is 3.19. The zero-order chi connectivity index (χ0) is 14.5. The summed E-state index contributed by atoms with van der Waals surface area (Å²) in [6, 6.07) is 5.95. The molecule has 1 aromatic heterocycles. The molecule has 0 atom stereocenters. The average molecular weight is 308 g/mol. The van der Waals surface area contributed by atoms with Crippen LogP contribution in [0.3, 0.4) is 0 Å². The van der Waals surface area contributed by atoms with E-state index in [2.05, 4.69) is 20.8 Å². The molecule has 5 nitrogen and oxygen atoms in total. The van der Waals surface area contributed by atoms with Gasteiger partial charge in [-0.25, -0.2) is 0 Å². The van der Waals surface area contributed by atoms with Gasteiger partial charge in [0.25, 0.3) is 0 Å². The number of nitrogens with one attached hydrogen (secondary N) is 2. The van der Waals surface area contributed by atoms with Crippen molar-refractivity contribution in [2.24, 2.45) is 0 Å². The summed E-state index contributed by atoms with van der Waals surface area (Å²) >= 11 is 2.83. The van der Waals surface area contributed by atoms with Crippen LogP contribution in [0.25, 0.3) is 0 Å². The number of amides is 1. The maximum Gasteiger partial charge on any atom is 0.234 e. The van der Waals surface area contributed by atoms with E-state index in [4.69, 9.17) is 0 Å². The fourth-order valence-electron chi connectivity index (χ4n) is 1.68. The lowest BCUT2D eigenvalue weighted by molar-refractivity contribution is -0.113. The third kappa shape index (κ3) is 3.71. The van der Waals surface area contributed by atoms with E-state index in [1.54, 1.807) is 7.05 Å². The number of hydrogen-bond acceptors (Lipinski definition) is 6. The van der Waals surface area contributed by atoms with Gasteiger partial charge < -0.3 is 10.6 Å². The van der Waals surface area contributed by atoms with Crippen molar-refractivity contribution < 1.29 is 4.79 Å². The van der Waals surface area contributed by atoms with Crippen LogP contribution in [0.1, 0.15) is 11.1 Å². The Morgan fingerprint density at radius 3 is 2.60 bits per heavy atom. The van der Waals surface area contributed by atoms with Gasteiger partial charge in [-0.15, -0.1) is 10.2 Å². The third-order valence-electron chi connectivity index (χ3n) is 2.69. The van der Waals surface area contributed by atoms with Crippen molar-refractivity contribution in [1.82, 2.24) is 10.2 Å². The number of aryl methyl sites for hydroxylation is 2. The molecule has 1 aromatic carbocycles. The summed E-state index contributed by atoms with van der Waals surface area (Å²) in [5, 5.41) is 14.5. The van der Waals surface area contributed by atoms with Crippen molar-refractivity contribution in [1.29, 1.82) is 0 Å². The van der Waals surface area contributed by atoms with Crippen LogP contribution >= 0.6 is 23.1 Å². The highest BCUT2D eigenvalue weighted by molar-refractivity contribution is 8.01. The van der Waals surface area contributed by atoms with Gasteiger partial charge >= 0.3 is 0 Å². The molecule has 2 rings (SSSR count). The monoisotopic (exact) mass is 308 g/mol. The van der Waals surface area contributed by atoms with Crippen molar-refractivity contribution in [2.45, 2.75) is 18.2 Å². The first kappa shape index (κ1) is 14.8. The van der Waals surface area contributed by atoms with Gasteiger partial charge in [0.2, 0.25) is 11.0 Å². The second-order valence-corrected chi connectivity index (χ2v) is 6.43. The quantitative estimate of drug-likeness (QED) is 0.831. The largest absolute Gasteiger partial charge is 0.363 e. The van der Waals surface area contributed by atoms with E-state index in [1.165, 1.54) is 23.1 Å². The summed E-state index contributed by atoms with van der Waals surface area (Å²) < 4.78 is 0.783. The minimum absolute atomic E-state index is 0.0337. The van der Waals surface area contributed by atoms with Gasteiger partial charge in [0.05, 0.1) is 5.75 Å². The molecule has 0 aliphatic rings. The zero-order valence-electron chi connectivity index (χ0n) is 11.6. The van der Waals surface area contributed by atoms with Crippen molar-refractivity contribution in [2.75, 3.05) is 23.4 Å². The predicted molar refractivity (Wildman–Crippen MR) is 84.7 cm³/mol. The maximum absolute atomic E-state index is 12.0. The van der Waals surface area contributed by atoms with Gasteiger partial charge in [0.1, 0.15) is 0 Å². The fraction of sp³-hybridized carbons (Fsp3) is 0.308. The first-order valence-corrected chi connectivity index (χ1v) is 7.90. The predicted octanol–water partition coefficient (Wildman–Crippen LogP) is 2.93. The van der Waals surface area contributed by atoms with E-state index in [0.29, 0.717) is 5.75 Å². The normalized spacial score (nSPS) is 10.3. The van der Waals surface area contributed by atoms with Crippen LogP contribution in [-0.4, -0.2) is 28.9 Å². The smallest absolute Gasteiger partial charge is 0.234 e. The van der Waals surface area contributed by atoms with Gasteiger partial charge in [-0.1, -0.05) is 41.3 Å². The highest BCUT2D eigenvalue weighted by Gasteiger charge is 2.10. The molecule has 0 fully saturated rings. The lowest BCUT2D eigenvalue weighted by atomic mass is 10.1. The topological polar surface area (TPSA) is 66.9 Å². The minimum atomic E-state index is -0.0337. The molecule has 1 heterocycles. The summed E-state index contributed by atoms with van der Waals surface area (Å²) in [6.07, 6.45) is 0. The van der Waals surface area contributed by atoms with Gasteiger partial charge in [-0.3, -0.25) is 4.79 Å². The van der Waals surface area contributed by atoms with Crippen LogP contribution in [0, 0.1) is 13.8 Å². The number of thioether (sulfide) groups is 1. The van der Waals surface area contributed by atoms with Crippen LogP contribution in [0.15, 0.2) is 22.5 Å². The van der Waals surface area contributed by atoms with Crippen LogP contribution in [0.4, 0.5) is 10.8 Å². The summed E-state index contributed by atoms with van der Waals surface area (Å²) in [4.78, 5) is 12.0. The molecule has 1 amide bonds. The van der Waals surface area contributed by atoms with E-state index in [0.717, 1.165) is 26.3 Å². The Morgan fingerprint density at radius 1 is 1.30 bits per heavy atom. The van der Waals surface area contributed by atoms with E-state index in [1.807, 2.05) is 32.0 Å². The number of hydrogen-bond donors (Lipinski definition) is 2. The van der Waals surface area contributed by atoms with E-state index in [-0.39, 0.29) is 5.91 Å². The Balaban J connectivity index is 1.92. The van der Waals surface area contributed by atoms with Crippen LogP contribution in [0.5, 0.6) is 0 Å². The van der Waals surface area contributed by atoms with Crippen LogP contribution < -0.4 is 10.6 Å². The molecular weight excluding hydrogens is 292 g/mol. The summed E-state index contributed by atoms with van der Waals surface area (Å²) in [5.41, 5.74) is 3.03. The second kappa shape index (κ2) is 6.71. The molecule has 0 aliphatic carbocycles. The molecule has 0 saturated heterocycles. The summed E-state index contributed by atoms with van der Waals surface area (Å²) in [6.45, 7) is 3.97. The van der Waals surface area contributed by atoms with Gasteiger partial charge in [0.15, 0.2) is 4.34 Å². The minimum Gasteiger partial charge on any atom is -0.363 e. The molecule has 2 N–H and O–H groups in total. The number of nitrogens with zero attached hydrogens (tertiary/aromatic N) is 2. The Hall–Kier alpha value is -1.60. The lowest BCUT2D eigenvalue weighted by Gasteiger charge is -2.10. The molecule has 0 radical (unpaired) electrons. The van der Waals surface area contributed by atoms with E-state index in [9.17, 15) is 4.79 Å². The maximum atomic E-state index is 12.0. The molecule has 106 valence electrons. The van der Waals surface area contributed by atoms with Gasteiger partial charge in [-0.05, 0) is 25.0 Å². The molecular formula is C13H16N4OS2. The Bertz CT molecular complexity index is 592. The number of para-hydroxylation sites is 1. The number of carbonyl (C=O) groups excluding carboxylic acids is 1. The number of aromatic nitrogens is 2. The number of benzene rings is 1. The van der Waals surface area contributed by atoms with Gasteiger partial charge in [-0.2, -0.15) is 0 Å². The third-order valence-corrected chi connectivity index (χ3v) is 4.77. The van der Waals surface area contributed by atoms with Crippen LogP contribution in [-0.2, 0) is 4.79 Å². The van der Waals surface area contributed by atoms with Crippen molar-refractivity contribution in [3.8, 4) is 0 Å². The standard InChI is InChI=1S/C13H16N4OS2/c1-8-5-4-6-9(2)11(8)15-10(18)7-19-13-17-16-12(14-3)20-13/h4-6H,7H2,1-3H3,(H,14,16)(H,15,18). The molecule has 7 heteroatoms. The molecule has 2 aromatic rings. The highest BCUT2D eigenvalue weighted by atomic mass is 32.2. The Kier molecular flexibility index (Phi) is 4.97. The number of anilines is 2. The zero-order valence-corrected chi connectivity index (χ0v) is 13.2. The van der Waals surface area contributed by atoms with Gasteiger partial charge in [0, 0.05) is 12.7 Å². The Morgan fingerprint density at radius 2 is 2.00 bits per heavy atom. The average Bonchev–Trinajstić information content (AvgIpc) is 2.89. The first-order valence-electron chi connectivity index (χ1n) is 6.10. The molecule has 20 heavy (non-hydrogen) atoms. The lowest BCUT2D eigenvalue weighted by Crippen LogP contribution is -2.15. The molecule has 0 bridgehead atoms. The van der Waals surface area contributed by atoms with Crippen molar-refractivity contribution >= 4 is 39.8 Å². The second-order valence-electron chi connectivity index (χ2n) is 4.23.